The molecule has 1 aromatic heterocycles. The molecule has 0 aliphatic rings. The molecule has 36 heavy (non-hydrogen) atoms. The first kappa shape index (κ1) is 26.2. The molecule has 0 unspecified atom stereocenters. The highest BCUT2D eigenvalue weighted by Crippen LogP contribution is 2.37. The summed E-state index contributed by atoms with van der Waals surface area (Å²) in [6.07, 6.45) is 2.18. The maximum atomic E-state index is 12.0. The third-order valence-corrected chi connectivity index (χ3v) is 6.71. The molecule has 4 rings (SSSR count). The zero-order valence-corrected chi connectivity index (χ0v) is 21.8. The number of aliphatic carboxylic acids is 1. The van der Waals surface area contributed by atoms with Crippen molar-refractivity contribution in [3.05, 3.63) is 92.6 Å². The van der Waals surface area contributed by atoms with Gasteiger partial charge in [-0.1, -0.05) is 59.1 Å². The summed E-state index contributed by atoms with van der Waals surface area (Å²) in [5.74, 6) is -0.0507. The summed E-state index contributed by atoms with van der Waals surface area (Å²) in [6, 6.07) is 15.8. The molecule has 0 saturated heterocycles. The van der Waals surface area contributed by atoms with Crippen LogP contribution in [0.5, 0.6) is 11.5 Å². The Balaban J connectivity index is 1.47. The fourth-order valence-electron chi connectivity index (χ4n) is 3.92. The largest absolute Gasteiger partial charge is 0.490 e. The van der Waals surface area contributed by atoms with Gasteiger partial charge in [-0.25, -0.2) is 0 Å². The van der Waals surface area contributed by atoms with Crippen LogP contribution in [0.25, 0.3) is 10.9 Å². The van der Waals surface area contributed by atoms with Crippen molar-refractivity contribution in [1.82, 2.24) is 10.3 Å². The Bertz CT molecular complexity index is 1370. The molecule has 0 saturated carbocycles. The zero-order valence-electron chi connectivity index (χ0n) is 19.5. The van der Waals surface area contributed by atoms with Gasteiger partial charge in [-0.3, -0.25) is 4.79 Å². The van der Waals surface area contributed by atoms with Gasteiger partial charge in [0.1, 0.15) is 12.6 Å². The van der Waals surface area contributed by atoms with Gasteiger partial charge in [-0.05, 0) is 53.9 Å². The summed E-state index contributed by atoms with van der Waals surface area (Å²) in [4.78, 5) is 15.2. The van der Waals surface area contributed by atoms with E-state index in [1.165, 1.54) is 0 Å². The Morgan fingerprint density at radius 1 is 1.00 bits per heavy atom. The van der Waals surface area contributed by atoms with Crippen LogP contribution < -0.4 is 14.8 Å². The van der Waals surface area contributed by atoms with Crippen LogP contribution in [0.1, 0.15) is 23.6 Å². The molecule has 6 nitrogen and oxygen atoms in total. The zero-order chi connectivity index (χ0) is 25.7. The Labute approximate surface area is 224 Å². The summed E-state index contributed by atoms with van der Waals surface area (Å²) in [6.45, 7) is 2.78. The quantitative estimate of drug-likeness (QED) is 0.190. The average Bonchev–Trinajstić information content (AvgIpc) is 3.26. The van der Waals surface area contributed by atoms with Gasteiger partial charge in [-0.2, -0.15) is 0 Å². The minimum absolute atomic E-state index is 0.222. The van der Waals surface area contributed by atoms with E-state index >= 15 is 0 Å². The fourth-order valence-corrected chi connectivity index (χ4v) is 4.53. The maximum absolute atomic E-state index is 12.0. The standard InChI is InChI=1S/C27H25Cl3N2O4/c1-2-35-25-11-17(10-22(30)26(25)36-15-16-7-8-20(28)21(29)9-16)13-31-24(27(33)34)12-18-14-32-23-6-4-3-5-19(18)23/h3-11,14,24,31-32H,2,12-13,15H2,1H3,(H,33,34)/t24-/m0/s1. The monoisotopic (exact) mass is 546 g/mol. The lowest BCUT2D eigenvalue weighted by atomic mass is 10.0. The number of fused-ring (bicyclic) bond motifs is 1. The van der Waals surface area contributed by atoms with Crippen molar-refractivity contribution >= 4 is 51.7 Å². The fraction of sp³-hybridized carbons (Fsp3) is 0.222. The molecule has 0 aliphatic heterocycles. The molecule has 0 bridgehead atoms. The number of carboxylic acids is 1. The molecule has 9 heteroatoms. The lowest BCUT2D eigenvalue weighted by Gasteiger charge is -2.18. The summed E-state index contributed by atoms with van der Waals surface area (Å²) >= 11 is 18.6. The van der Waals surface area contributed by atoms with Gasteiger partial charge in [0.2, 0.25) is 0 Å². The van der Waals surface area contributed by atoms with Crippen LogP contribution in [0.3, 0.4) is 0 Å². The van der Waals surface area contributed by atoms with E-state index in [2.05, 4.69) is 10.3 Å². The minimum Gasteiger partial charge on any atom is -0.490 e. The number of carbonyl (C=O) groups is 1. The molecular weight excluding hydrogens is 523 g/mol. The van der Waals surface area contributed by atoms with Crippen LogP contribution in [0.2, 0.25) is 15.1 Å². The molecule has 0 radical (unpaired) electrons. The highest BCUT2D eigenvalue weighted by Gasteiger charge is 2.20. The number of benzene rings is 3. The first-order valence-electron chi connectivity index (χ1n) is 11.4. The van der Waals surface area contributed by atoms with Crippen LogP contribution in [-0.4, -0.2) is 28.7 Å². The number of nitrogens with one attached hydrogen (secondary N) is 2. The summed E-state index contributed by atoms with van der Waals surface area (Å²) in [5, 5.41) is 15.2. The van der Waals surface area contributed by atoms with Crippen LogP contribution >= 0.6 is 34.8 Å². The van der Waals surface area contributed by atoms with Gasteiger partial charge in [0, 0.05) is 30.1 Å². The van der Waals surface area contributed by atoms with Crippen molar-refractivity contribution < 1.29 is 19.4 Å². The topological polar surface area (TPSA) is 83.6 Å². The number of aromatic amines is 1. The van der Waals surface area contributed by atoms with E-state index in [0.717, 1.165) is 27.6 Å². The maximum Gasteiger partial charge on any atom is 0.321 e. The molecule has 4 aromatic rings. The van der Waals surface area contributed by atoms with E-state index in [4.69, 9.17) is 44.3 Å². The second kappa shape index (κ2) is 11.9. The molecule has 188 valence electrons. The molecule has 1 heterocycles. The predicted octanol–water partition coefficient (Wildman–Crippen LogP) is 6.89. The van der Waals surface area contributed by atoms with Gasteiger partial charge in [0.25, 0.3) is 0 Å². The van der Waals surface area contributed by atoms with Crippen molar-refractivity contribution in [2.24, 2.45) is 0 Å². The molecule has 3 aromatic carbocycles. The molecule has 0 amide bonds. The minimum atomic E-state index is -0.932. The smallest absolute Gasteiger partial charge is 0.321 e. The van der Waals surface area contributed by atoms with Gasteiger partial charge in [0.05, 0.1) is 21.7 Å². The van der Waals surface area contributed by atoms with E-state index in [1.54, 1.807) is 24.3 Å². The van der Waals surface area contributed by atoms with Crippen molar-refractivity contribution in [3.63, 3.8) is 0 Å². The molecule has 1 atom stereocenters. The number of hydrogen-bond acceptors (Lipinski definition) is 4. The number of para-hydroxylation sites is 1. The molecular formula is C27H25Cl3N2O4. The van der Waals surface area contributed by atoms with Crippen LogP contribution in [0, 0.1) is 0 Å². The second-order valence-electron chi connectivity index (χ2n) is 8.21. The number of halogens is 3. The van der Waals surface area contributed by atoms with Crippen molar-refractivity contribution in [2.75, 3.05) is 6.61 Å². The Hall–Kier alpha value is -2.90. The highest BCUT2D eigenvalue weighted by molar-refractivity contribution is 6.42. The Morgan fingerprint density at radius 3 is 2.53 bits per heavy atom. The van der Waals surface area contributed by atoms with Crippen LogP contribution in [0.4, 0.5) is 0 Å². The predicted molar refractivity (Wildman–Crippen MR) is 144 cm³/mol. The number of carboxylic acid groups (broad SMARTS) is 1. The normalized spacial score (nSPS) is 12.0. The van der Waals surface area contributed by atoms with Crippen LogP contribution in [-0.2, 0) is 24.4 Å². The number of H-pyrrole nitrogens is 1. The van der Waals surface area contributed by atoms with E-state index in [1.807, 2.05) is 43.5 Å². The SMILES string of the molecule is CCOc1cc(CN[C@@H](Cc2c[nH]c3ccccc23)C(=O)O)cc(Cl)c1OCc1ccc(Cl)c(Cl)c1. The molecule has 0 spiro atoms. The second-order valence-corrected chi connectivity index (χ2v) is 9.43. The highest BCUT2D eigenvalue weighted by atomic mass is 35.5. The molecule has 3 N–H and O–H groups in total. The number of hydrogen-bond donors (Lipinski definition) is 3. The lowest BCUT2D eigenvalue weighted by Crippen LogP contribution is -2.38. The van der Waals surface area contributed by atoms with E-state index < -0.39 is 12.0 Å². The number of aromatic nitrogens is 1. The van der Waals surface area contributed by atoms with Crippen LogP contribution in [0.15, 0.2) is 60.8 Å². The van der Waals surface area contributed by atoms with E-state index in [0.29, 0.717) is 39.6 Å². The molecule has 0 aliphatic carbocycles. The first-order valence-corrected chi connectivity index (χ1v) is 12.5. The summed E-state index contributed by atoms with van der Waals surface area (Å²) in [5.41, 5.74) is 3.51. The van der Waals surface area contributed by atoms with E-state index in [-0.39, 0.29) is 13.2 Å². The van der Waals surface area contributed by atoms with Crippen molar-refractivity contribution in [3.8, 4) is 11.5 Å². The molecule has 0 fully saturated rings. The van der Waals surface area contributed by atoms with Crippen molar-refractivity contribution in [2.45, 2.75) is 32.5 Å². The lowest BCUT2D eigenvalue weighted by molar-refractivity contribution is -0.139. The third kappa shape index (κ3) is 6.26. The van der Waals surface area contributed by atoms with Gasteiger partial charge < -0.3 is 24.9 Å². The summed E-state index contributed by atoms with van der Waals surface area (Å²) in [7, 11) is 0. The van der Waals surface area contributed by atoms with Gasteiger partial charge in [0.15, 0.2) is 11.5 Å². The van der Waals surface area contributed by atoms with Crippen molar-refractivity contribution in [1.29, 1.82) is 0 Å². The Morgan fingerprint density at radius 2 is 1.78 bits per heavy atom. The third-order valence-electron chi connectivity index (χ3n) is 5.69. The number of rotatable bonds is 11. The van der Waals surface area contributed by atoms with Gasteiger partial charge >= 0.3 is 5.97 Å². The summed E-state index contributed by atoms with van der Waals surface area (Å²) < 4.78 is 11.7. The Kier molecular flexibility index (Phi) is 8.64. The van der Waals surface area contributed by atoms with Gasteiger partial charge in [-0.15, -0.1) is 0 Å². The van der Waals surface area contributed by atoms with E-state index in [9.17, 15) is 9.90 Å². The first-order chi connectivity index (χ1) is 17.4. The number of ether oxygens (including phenoxy) is 2. The average molecular weight is 548 g/mol.